The lowest BCUT2D eigenvalue weighted by molar-refractivity contribution is -0.127. The van der Waals surface area contributed by atoms with Gasteiger partial charge in [-0.3, -0.25) is 4.79 Å². The van der Waals surface area contributed by atoms with Gasteiger partial charge in [-0.1, -0.05) is 23.1 Å². The maximum atomic E-state index is 12.5. The molecule has 25 heavy (non-hydrogen) atoms. The van der Waals surface area contributed by atoms with Crippen molar-refractivity contribution in [3.63, 3.8) is 0 Å². The molecule has 1 aromatic heterocycles. The minimum absolute atomic E-state index is 0.141. The average molecular weight is 380 g/mol. The van der Waals surface area contributed by atoms with E-state index >= 15 is 0 Å². The third-order valence-corrected chi connectivity index (χ3v) is 6.20. The molecule has 0 radical (unpaired) electrons. The van der Waals surface area contributed by atoms with E-state index in [-0.39, 0.29) is 11.8 Å². The summed E-state index contributed by atoms with van der Waals surface area (Å²) in [6.45, 7) is 3.38. The van der Waals surface area contributed by atoms with Crippen molar-refractivity contribution >= 4 is 29.0 Å². The molecule has 1 aromatic carbocycles. The van der Waals surface area contributed by atoms with E-state index in [0.29, 0.717) is 12.3 Å². The Hall–Kier alpha value is -1.80. The fourth-order valence-electron chi connectivity index (χ4n) is 2.95. The van der Waals surface area contributed by atoms with Gasteiger partial charge in [0.15, 0.2) is 4.34 Å². The van der Waals surface area contributed by atoms with Crippen molar-refractivity contribution in [2.24, 2.45) is 0 Å². The molecule has 1 fully saturated rings. The molecule has 2 aromatic rings. The SMILES string of the molecule is COc1ccc(OC)c(C2CCN(C(=O)CSc3nnc(C)s3)C2)c1. The third-order valence-electron chi connectivity index (χ3n) is 4.24. The van der Waals surface area contributed by atoms with Crippen LogP contribution in [0.5, 0.6) is 11.5 Å². The fourth-order valence-corrected chi connectivity index (χ4v) is 4.67. The molecular formula is C17H21N3O3S2. The van der Waals surface area contributed by atoms with Gasteiger partial charge in [-0.25, -0.2) is 0 Å². The number of hydrogen-bond acceptors (Lipinski definition) is 7. The quantitative estimate of drug-likeness (QED) is 0.719. The van der Waals surface area contributed by atoms with E-state index in [1.54, 1.807) is 14.2 Å². The highest BCUT2D eigenvalue weighted by atomic mass is 32.2. The maximum absolute atomic E-state index is 12.5. The Balaban J connectivity index is 1.62. The topological polar surface area (TPSA) is 64.6 Å². The second-order valence-electron chi connectivity index (χ2n) is 5.81. The van der Waals surface area contributed by atoms with Crippen LogP contribution in [0.2, 0.25) is 0 Å². The first-order valence-electron chi connectivity index (χ1n) is 8.03. The normalized spacial score (nSPS) is 16.9. The van der Waals surface area contributed by atoms with E-state index in [9.17, 15) is 4.79 Å². The molecule has 8 heteroatoms. The number of nitrogens with zero attached hydrogens (tertiary/aromatic N) is 3. The molecule has 0 bridgehead atoms. The molecule has 1 amide bonds. The van der Waals surface area contributed by atoms with Crippen LogP contribution in [0, 0.1) is 6.92 Å². The number of carbonyl (C=O) groups is 1. The largest absolute Gasteiger partial charge is 0.497 e. The summed E-state index contributed by atoms with van der Waals surface area (Å²) in [5.41, 5.74) is 1.10. The molecular weight excluding hydrogens is 358 g/mol. The molecule has 1 unspecified atom stereocenters. The third kappa shape index (κ3) is 4.24. The standard InChI is InChI=1S/C17H21N3O3S2/c1-11-18-19-17(25-11)24-10-16(21)20-7-6-12(9-20)14-8-13(22-2)4-5-15(14)23-3/h4-5,8,12H,6-7,9-10H2,1-3H3. The van der Waals surface area contributed by atoms with Crippen LogP contribution in [0.1, 0.15) is 22.9 Å². The highest BCUT2D eigenvalue weighted by Gasteiger charge is 2.29. The van der Waals surface area contributed by atoms with Gasteiger partial charge in [0, 0.05) is 24.6 Å². The molecule has 2 heterocycles. The Morgan fingerprint density at radius 3 is 2.88 bits per heavy atom. The summed E-state index contributed by atoms with van der Waals surface area (Å²) < 4.78 is 11.7. The molecule has 0 aliphatic carbocycles. The van der Waals surface area contributed by atoms with Gasteiger partial charge in [-0.2, -0.15) is 0 Å². The van der Waals surface area contributed by atoms with Gasteiger partial charge in [0.25, 0.3) is 0 Å². The Bertz CT molecular complexity index is 750. The van der Waals surface area contributed by atoms with Gasteiger partial charge in [0.1, 0.15) is 16.5 Å². The lowest BCUT2D eigenvalue weighted by atomic mass is 9.97. The number of carbonyl (C=O) groups excluding carboxylic acids is 1. The molecule has 134 valence electrons. The molecule has 1 saturated heterocycles. The first kappa shape index (κ1) is 18.0. The summed E-state index contributed by atoms with van der Waals surface area (Å²) in [5.74, 6) is 2.46. The van der Waals surface area contributed by atoms with Crippen LogP contribution in [0.25, 0.3) is 0 Å². The molecule has 0 N–H and O–H groups in total. The minimum atomic E-state index is 0.141. The highest BCUT2D eigenvalue weighted by molar-refractivity contribution is 8.01. The Morgan fingerprint density at radius 1 is 1.36 bits per heavy atom. The van der Waals surface area contributed by atoms with Crippen molar-refractivity contribution in [1.29, 1.82) is 0 Å². The van der Waals surface area contributed by atoms with Crippen molar-refractivity contribution in [2.75, 3.05) is 33.1 Å². The Morgan fingerprint density at radius 2 is 2.20 bits per heavy atom. The van der Waals surface area contributed by atoms with Gasteiger partial charge in [0.05, 0.1) is 20.0 Å². The summed E-state index contributed by atoms with van der Waals surface area (Å²) in [5, 5.41) is 8.94. The summed E-state index contributed by atoms with van der Waals surface area (Å²) in [7, 11) is 3.33. The number of likely N-dealkylation sites (tertiary alicyclic amines) is 1. The van der Waals surface area contributed by atoms with E-state index in [2.05, 4.69) is 10.2 Å². The zero-order chi connectivity index (χ0) is 17.8. The number of aryl methyl sites for hydroxylation is 1. The first-order chi connectivity index (χ1) is 12.1. The van der Waals surface area contributed by atoms with Crippen molar-refractivity contribution in [3.8, 4) is 11.5 Å². The van der Waals surface area contributed by atoms with Crippen LogP contribution in [0.15, 0.2) is 22.5 Å². The van der Waals surface area contributed by atoms with Crippen LogP contribution in [0.4, 0.5) is 0 Å². The lowest BCUT2D eigenvalue weighted by Gasteiger charge is -2.18. The number of amides is 1. The first-order valence-corrected chi connectivity index (χ1v) is 9.83. The monoisotopic (exact) mass is 379 g/mol. The van der Waals surface area contributed by atoms with Gasteiger partial charge >= 0.3 is 0 Å². The number of thioether (sulfide) groups is 1. The lowest BCUT2D eigenvalue weighted by Crippen LogP contribution is -2.30. The van der Waals surface area contributed by atoms with Crippen molar-refractivity contribution in [3.05, 3.63) is 28.8 Å². The van der Waals surface area contributed by atoms with Gasteiger partial charge in [-0.15, -0.1) is 10.2 Å². The summed E-state index contributed by atoms with van der Waals surface area (Å²) in [4.78, 5) is 14.4. The predicted molar refractivity (Wildman–Crippen MR) is 98.9 cm³/mol. The zero-order valence-electron chi connectivity index (χ0n) is 14.5. The Labute approximate surface area is 155 Å². The number of hydrogen-bond donors (Lipinski definition) is 0. The predicted octanol–water partition coefficient (Wildman–Crippen LogP) is 2.97. The molecule has 0 spiro atoms. The van der Waals surface area contributed by atoms with Crippen molar-refractivity contribution < 1.29 is 14.3 Å². The zero-order valence-corrected chi connectivity index (χ0v) is 16.2. The van der Waals surface area contributed by atoms with E-state index in [1.165, 1.54) is 23.1 Å². The highest BCUT2D eigenvalue weighted by Crippen LogP contribution is 2.36. The number of methoxy groups -OCH3 is 2. The molecule has 1 atom stereocenters. The van der Waals surface area contributed by atoms with Gasteiger partial charge in [-0.05, 0) is 31.5 Å². The fraction of sp³-hybridized carbons (Fsp3) is 0.471. The van der Waals surface area contributed by atoms with E-state index < -0.39 is 0 Å². The van der Waals surface area contributed by atoms with Gasteiger partial charge in [0.2, 0.25) is 5.91 Å². The molecule has 3 rings (SSSR count). The van der Waals surface area contributed by atoms with E-state index in [0.717, 1.165) is 39.4 Å². The van der Waals surface area contributed by atoms with Crippen LogP contribution >= 0.6 is 23.1 Å². The van der Waals surface area contributed by atoms with Crippen LogP contribution < -0.4 is 9.47 Å². The maximum Gasteiger partial charge on any atom is 0.233 e. The summed E-state index contributed by atoms with van der Waals surface area (Å²) >= 11 is 2.97. The number of rotatable bonds is 6. The smallest absolute Gasteiger partial charge is 0.233 e. The molecule has 1 aliphatic rings. The average Bonchev–Trinajstić information content (AvgIpc) is 3.28. The number of benzene rings is 1. The molecule has 6 nitrogen and oxygen atoms in total. The molecule has 0 saturated carbocycles. The second kappa shape index (κ2) is 8.05. The minimum Gasteiger partial charge on any atom is -0.497 e. The van der Waals surface area contributed by atoms with Crippen LogP contribution in [-0.2, 0) is 4.79 Å². The van der Waals surface area contributed by atoms with Crippen LogP contribution in [0.3, 0.4) is 0 Å². The second-order valence-corrected chi connectivity index (χ2v) is 8.21. The van der Waals surface area contributed by atoms with Crippen LogP contribution in [-0.4, -0.2) is 54.1 Å². The van der Waals surface area contributed by atoms with Gasteiger partial charge < -0.3 is 14.4 Å². The number of aromatic nitrogens is 2. The van der Waals surface area contributed by atoms with Crippen molar-refractivity contribution in [1.82, 2.24) is 15.1 Å². The summed E-state index contributed by atoms with van der Waals surface area (Å²) in [6.07, 6.45) is 0.928. The van der Waals surface area contributed by atoms with E-state index in [1.807, 2.05) is 30.0 Å². The van der Waals surface area contributed by atoms with Crippen molar-refractivity contribution in [2.45, 2.75) is 23.6 Å². The number of ether oxygens (including phenoxy) is 2. The van der Waals surface area contributed by atoms with E-state index in [4.69, 9.17) is 9.47 Å². The molecule has 1 aliphatic heterocycles. The Kier molecular flexibility index (Phi) is 5.80. The summed E-state index contributed by atoms with van der Waals surface area (Å²) in [6, 6.07) is 5.82.